The number of benzene rings is 2. The summed E-state index contributed by atoms with van der Waals surface area (Å²) in [5.41, 5.74) is 1.90. The SMILES string of the molecule is CCCCCCCCNCc1cc(Cl)c(OCc2ccc(Cl)cc2Cl)c(OC)c1.Cl. The van der Waals surface area contributed by atoms with Crippen LogP contribution in [0.4, 0.5) is 0 Å². The first-order valence-electron chi connectivity index (χ1n) is 10.2. The molecule has 0 aromatic heterocycles. The molecule has 0 aliphatic heterocycles. The third-order valence-electron chi connectivity index (χ3n) is 4.71. The molecule has 2 aromatic carbocycles. The molecule has 2 rings (SSSR count). The highest BCUT2D eigenvalue weighted by molar-refractivity contribution is 6.35. The lowest BCUT2D eigenvalue weighted by Gasteiger charge is -2.15. The number of nitrogens with one attached hydrogen (secondary N) is 1. The normalized spacial score (nSPS) is 10.6. The van der Waals surface area contributed by atoms with Crippen molar-refractivity contribution in [1.29, 1.82) is 0 Å². The monoisotopic (exact) mass is 493 g/mol. The molecule has 0 atom stereocenters. The summed E-state index contributed by atoms with van der Waals surface area (Å²) in [6, 6.07) is 9.18. The van der Waals surface area contributed by atoms with Crippen LogP contribution in [-0.4, -0.2) is 13.7 Å². The summed E-state index contributed by atoms with van der Waals surface area (Å²) in [4.78, 5) is 0. The zero-order valence-electron chi connectivity index (χ0n) is 17.6. The average Bonchev–Trinajstić information content (AvgIpc) is 2.70. The van der Waals surface area contributed by atoms with E-state index < -0.39 is 0 Å². The van der Waals surface area contributed by atoms with Crippen molar-refractivity contribution in [3.8, 4) is 11.5 Å². The zero-order valence-corrected chi connectivity index (χ0v) is 20.7. The molecule has 0 unspecified atom stereocenters. The van der Waals surface area contributed by atoms with Crippen LogP contribution >= 0.6 is 47.2 Å². The van der Waals surface area contributed by atoms with Gasteiger partial charge in [0, 0.05) is 22.2 Å². The molecule has 3 nitrogen and oxygen atoms in total. The lowest BCUT2D eigenvalue weighted by Crippen LogP contribution is -2.14. The fourth-order valence-corrected chi connectivity index (χ4v) is 3.82. The molecule has 0 saturated carbocycles. The maximum absolute atomic E-state index is 6.47. The van der Waals surface area contributed by atoms with E-state index in [4.69, 9.17) is 44.3 Å². The minimum absolute atomic E-state index is 0. The maximum atomic E-state index is 6.47. The van der Waals surface area contributed by atoms with Gasteiger partial charge in [0.2, 0.25) is 0 Å². The van der Waals surface area contributed by atoms with E-state index in [9.17, 15) is 0 Å². The highest BCUT2D eigenvalue weighted by Gasteiger charge is 2.13. The number of ether oxygens (including phenoxy) is 2. The van der Waals surface area contributed by atoms with Crippen LogP contribution in [0.3, 0.4) is 0 Å². The second-order valence-electron chi connectivity index (χ2n) is 7.08. The van der Waals surface area contributed by atoms with Crippen molar-refractivity contribution in [2.45, 2.75) is 58.6 Å². The quantitative estimate of drug-likeness (QED) is 0.285. The molecule has 0 heterocycles. The summed E-state index contributed by atoms with van der Waals surface area (Å²) >= 11 is 18.6. The summed E-state index contributed by atoms with van der Waals surface area (Å²) in [6.45, 7) is 4.26. The molecule has 0 bridgehead atoms. The van der Waals surface area contributed by atoms with Gasteiger partial charge in [-0.3, -0.25) is 0 Å². The van der Waals surface area contributed by atoms with Crippen molar-refractivity contribution < 1.29 is 9.47 Å². The largest absolute Gasteiger partial charge is 0.493 e. The molecule has 0 amide bonds. The number of hydrogen-bond donors (Lipinski definition) is 1. The Kier molecular flexibility index (Phi) is 13.6. The maximum Gasteiger partial charge on any atom is 0.180 e. The van der Waals surface area contributed by atoms with E-state index in [-0.39, 0.29) is 19.0 Å². The minimum Gasteiger partial charge on any atom is -0.493 e. The summed E-state index contributed by atoms with van der Waals surface area (Å²) < 4.78 is 11.4. The number of methoxy groups -OCH3 is 1. The minimum atomic E-state index is 0. The molecule has 0 aliphatic rings. The molecule has 168 valence electrons. The predicted octanol–water partition coefficient (Wildman–Crippen LogP) is 8.11. The lowest BCUT2D eigenvalue weighted by molar-refractivity contribution is 0.284. The van der Waals surface area contributed by atoms with E-state index in [2.05, 4.69) is 12.2 Å². The first-order valence-corrected chi connectivity index (χ1v) is 11.3. The van der Waals surface area contributed by atoms with Gasteiger partial charge in [-0.05, 0) is 42.8 Å². The van der Waals surface area contributed by atoms with E-state index >= 15 is 0 Å². The molecule has 0 radical (unpaired) electrons. The zero-order chi connectivity index (χ0) is 21.1. The molecule has 30 heavy (non-hydrogen) atoms. The van der Waals surface area contributed by atoms with Crippen molar-refractivity contribution in [1.82, 2.24) is 5.32 Å². The first-order chi connectivity index (χ1) is 14.0. The number of unbranched alkanes of at least 4 members (excludes halogenated alkanes) is 5. The highest BCUT2D eigenvalue weighted by Crippen LogP contribution is 2.37. The van der Waals surface area contributed by atoms with Crippen molar-refractivity contribution in [2.75, 3.05) is 13.7 Å². The molecule has 1 N–H and O–H groups in total. The molecule has 0 spiro atoms. The van der Waals surface area contributed by atoms with Crippen LogP contribution in [0, 0.1) is 0 Å². The van der Waals surface area contributed by atoms with Crippen LogP contribution in [0.2, 0.25) is 15.1 Å². The third-order valence-corrected chi connectivity index (χ3v) is 5.58. The second-order valence-corrected chi connectivity index (χ2v) is 8.33. The van der Waals surface area contributed by atoms with Gasteiger partial charge in [-0.15, -0.1) is 12.4 Å². The summed E-state index contributed by atoms with van der Waals surface area (Å²) in [7, 11) is 1.61. The standard InChI is InChI=1S/C23H30Cl3NO2.ClH/c1-3-4-5-6-7-8-11-27-15-17-12-21(26)23(22(13-17)28-2)29-16-18-9-10-19(24)14-20(18)25;/h9-10,12-14,27H,3-8,11,15-16H2,1-2H3;1H. The number of halogens is 4. The molecule has 2 aromatic rings. The van der Waals surface area contributed by atoms with Crippen LogP contribution in [-0.2, 0) is 13.2 Å². The van der Waals surface area contributed by atoms with Gasteiger partial charge in [-0.1, -0.05) is 79.9 Å². The Morgan fingerprint density at radius 3 is 2.33 bits per heavy atom. The van der Waals surface area contributed by atoms with Gasteiger partial charge in [-0.2, -0.15) is 0 Å². The molecule has 0 aliphatic carbocycles. The Morgan fingerprint density at radius 1 is 0.900 bits per heavy atom. The first kappa shape index (κ1) is 27.2. The van der Waals surface area contributed by atoms with Gasteiger partial charge in [-0.25, -0.2) is 0 Å². The van der Waals surface area contributed by atoms with Gasteiger partial charge >= 0.3 is 0 Å². The van der Waals surface area contributed by atoms with Gasteiger partial charge in [0.15, 0.2) is 11.5 Å². The van der Waals surface area contributed by atoms with Crippen molar-refractivity contribution >= 4 is 47.2 Å². The van der Waals surface area contributed by atoms with Crippen molar-refractivity contribution in [3.63, 3.8) is 0 Å². The van der Waals surface area contributed by atoms with E-state index in [1.54, 1.807) is 19.2 Å². The Bertz CT molecular complexity index is 771. The van der Waals surface area contributed by atoms with Crippen molar-refractivity contribution in [3.05, 3.63) is 56.5 Å². The van der Waals surface area contributed by atoms with E-state index in [0.717, 1.165) is 24.2 Å². The fourth-order valence-electron chi connectivity index (χ4n) is 3.07. The number of rotatable bonds is 13. The molecular weight excluding hydrogens is 464 g/mol. The summed E-state index contributed by atoms with van der Waals surface area (Å²) in [5, 5.41) is 5.14. The van der Waals surface area contributed by atoms with E-state index in [1.807, 2.05) is 18.2 Å². The van der Waals surface area contributed by atoms with Crippen LogP contribution in [0.15, 0.2) is 30.3 Å². The average molecular weight is 495 g/mol. The Labute approximate surface area is 201 Å². The van der Waals surface area contributed by atoms with Crippen molar-refractivity contribution in [2.24, 2.45) is 0 Å². The molecular formula is C23H31Cl4NO2. The topological polar surface area (TPSA) is 30.5 Å². The van der Waals surface area contributed by atoms with E-state index in [1.165, 1.54) is 38.5 Å². The fraction of sp³-hybridized carbons (Fsp3) is 0.478. The highest BCUT2D eigenvalue weighted by atomic mass is 35.5. The molecule has 0 fully saturated rings. The van der Waals surface area contributed by atoms with Crippen LogP contribution < -0.4 is 14.8 Å². The lowest BCUT2D eigenvalue weighted by atomic mass is 10.1. The van der Waals surface area contributed by atoms with Crippen LogP contribution in [0.1, 0.15) is 56.6 Å². The van der Waals surface area contributed by atoms with E-state index in [0.29, 0.717) is 26.6 Å². The van der Waals surface area contributed by atoms with Crippen LogP contribution in [0.5, 0.6) is 11.5 Å². The number of hydrogen-bond acceptors (Lipinski definition) is 3. The molecule has 0 saturated heterocycles. The van der Waals surface area contributed by atoms with Gasteiger partial charge in [0.25, 0.3) is 0 Å². The smallest absolute Gasteiger partial charge is 0.180 e. The second kappa shape index (κ2) is 15.0. The third kappa shape index (κ3) is 9.11. The predicted molar refractivity (Wildman–Crippen MR) is 131 cm³/mol. The Balaban J connectivity index is 0.00000450. The Morgan fingerprint density at radius 2 is 1.63 bits per heavy atom. The van der Waals surface area contributed by atoms with Gasteiger partial charge < -0.3 is 14.8 Å². The van der Waals surface area contributed by atoms with Gasteiger partial charge in [0.05, 0.1) is 12.1 Å². The van der Waals surface area contributed by atoms with Gasteiger partial charge in [0.1, 0.15) is 6.61 Å². The Hall–Kier alpha value is -0.840. The summed E-state index contributed by atoms with van der Waals surface area (Å²) in [6.07, 6.45) is 7.75. The van der Waals surface area contributed by atoms with Crippen LogP contribution in [0.25, 0.3) is 0 Å². The summed E-state index contributed by atoms with van der Waals surface area (Å²) in [5.74, 6) is 1.12. The molecule has 7 heteroatoms.